The van der Waals surface area contributed by atoms with Gasteiger partial charge in [0.1, 0.15) is 0 Å². The molecular formula is C12H22N2O5S. The third-order valence-corrected chi connectivity index (χ3v) is 5.34. The SMILES string of the molecule is CC(CCCNC(=O)N(C)C1CCS(=O)(=O)C1)C(=O)O. The van der Waals surface area contributed by atoms with Crippen molar-refractivity contribution in [3.8, 4) is 0 Å². The van der Waals surface area contributed by atoms with Gasteiger partial charge in [-0.15, -0.1) is 0 Å². The normalized spacial score (nSPS) is 22.2. The molecule has 1 rings (SSSR count). The number of hydrogen-bond acceptors (Lipinski definition) is 4. The van der Waals surface area contributed by atoms with Crippen molar-refractivity contribution < 1.29 is 23.1 Å². The summed E-state index contributed by atoms with van der Waals surface area (Å²) in [7, 11) is -1.42. The molecule has 116 valence electrons. The average molecular weight is 306 g/mol. The van der Waals surface area contributed by atoms with Crippen molar-refractivity contribution in [2.24, 2.45) is 5.92 Å². The summed E-state index contributed by atoms with van der Waals surface area (Å²) in [5.41, 5.74) is 0. The number of urea groups is 1. The molecule has 1 aliphatic heterocycles. The van der Waals surface area contributed by atoms with Gasteiger partial charge >= 0.3 is 12.0 Å². The quantitative estimate of drug-likeness (QED) is 0.688. The second-order valence-corrected chi connectivity index (χ2v) is 7.51. The van der Waals surface area contributed by atoms with E-state index in [0.717, 1.165) is 0 Å². The number of carbonyl (C=O) groups excluding carboxylic acids is 1. The summed E-state index contributed by atoms with van der Waals surface area (Å²) in [5.74, 6) is -1.12. The van der Waals surface area contributed by atoms with E-state index in [-0.39, 0.29) is 23.6 Å². The highest BCUT2D eigenvalue weighted by Crippen LogP contribution is 2.16. The van der Waals surface area contributed by atoms with Crippen molar-refractivity contribution in [2.75, 3.05) is 25.1 Å². The predicted octanol–water partition coefficient (Wildman–Crippen LogP) is 0.316. The molecule has 1 aliphatic rings. The van der Waals surface area contributed by atoms with Crippen LogP contribution < -0.4 is 5.32 Å². The van der Waals surface area contributed by atoms with Crippen LogP contribution in [0.5, 0.6) is 0 Å². The maximum Gasteiger partial charge on any atom is 0.317 e. The van der Waals surface area contributed by atoms with Gasteiger partial charge in [0.25, 0.3) is 0 Å². The second-order valence-electron chi connectivity index (χ2n) is 5.28. The molecule has 2 N–H and O–H groups in total. The molecule has 0 aliphatic carbocycles. The maximum atomic E-state index is 11.8. The number of nitrogens with zero attached hydrogens (tertiary/aromatic N) is 1. The minimum absolute atomic E-state index is 0.0208. The molecular weight excluding hydrogens is 284 g/mol. The lowest BCUT2D eigenvalue weighted by Crippen LogP contribution is -2.44. The van der Waals surface area contributed by atoms with Crippen molar-refractivity contribution in [2.45, 2.75) is 32.2 Å². The van der Waals surface area contributed by atoms with Gasteiger partial charge in [-0.1, -0.05) is 6.92 Å². The highest BCUT2D eigenvalue weighted by molar-refractivity contribution is 7.91. The first-order valence-electron chi connectivity index (χ1n) is 6.67. The van der Waals surface area contributed by atoms with Crippen LogP contribution in [0.3, 0.4) is 0 Å². The summed E-state index contributed by atoms with van der Waals surface area (Å²) in [6.07, 6.45) is 1.55. The van der Waals surface area contributed by atoms with E-state index in [9.17, 15) is 18.0 Å². The number of amides is 2. The van der Waals surface area contributed by atoms with Crippen molar-refractivity contribution >= 4 is 21.8 Å². The lowest BCUT2D eigenvalue weighted by Gasteiger charge is -2.23. The zero-order valence-electron chi connectivity index (χ0n) is 11.8. The van der Waals surface area contributed by atoms with Gasteiger partial charge in [0.05, 0.1) is 17.4 Å². The van der Waals surface area contributed by atoms with Crippen LogP contribution in [-0.2, 0) is 14.6 Å². The van der Waals surface area contributed by atoms with E-state index in [4.69, 9.17) is 5.11 Å². The highest BCUT2D eigenvalue weighted by atomic mass is 32.2. The Morgan fingerprint density at radius 2 is 2.10 bits per heavy atom. The standard InChI is InChI=1S/C12H22N2O5S/c1-9(11(15)16)4-3-6-13-12(17)14(2)10-5-7-20(18,19)8-10/h9-10H,3-8H2,1-2H3,(H,13,17)(H,15,16). The van der Waals surface area contributed by atoms with Crippen LogP contribution in [0, 0.1) is 5.92 Å². The summed E-state index contributed by atoms with van der Waals surface area (Å²) in [6, 6.07) is -0.576. The molecule has 0 aromatic rings. The Morgan fingerprint density at radius 1 is 1.45 bits per heavy atom. The van der Waals surface area contributed by atoms with Gasteiger partial charge in [0.15, 0.2) is 9.84 Å². The Kier molecular flexibility index (Phi) is 5.79. The number of nitrogens with one attached hydrogen (secondary N) is 1. The van der Waals surface area contributed by atoms with E-state index in [1.165, 1.54) is 4.90 Å². The lowest BCUT2D eigenvalue weighted by atomic mass is 10.1. The van der Waals surface area contributed by atoms with Gasteiger partial charge in [-0.3, -0.25) is 4.79 Å². The first-order valence-corrected chi connectivity index (χ1v) is 8.49. The summed E-state index contributed by atoms with van der Waals surface area (Å²) in [4.78, 5) is 23.9. The van der Waals surface area contributed by atoms with E-state index in [1.807, 2.05) is 0 Å². The van der Waals surface area contributed by atoms with Gasteiger partial charge in [0.2, 0.25) is 0 Å². The number of carbonyl (C=O) groups is 2. The van der Waals surface area contributed by atoms with Crippen molar-refractivity contribution in [3.05, 3.63) is 0 Å². The Morgan fingerprint density at radius 3 is 2.60 bits per heavy atom. The van der Waals surface area contributed by atoms with Crippen LogP contribution in [0.4, 0.5) is 4.79 Å². The molecule has 2 amide bonds. The molecule has 8 heteroatoms. The molecule has 2 unspecified atom stereocenters. The minimum Gasteiger partial charge on any atom is -0.481 e. The van der Waals surface area contributed by atoms with E-state index >= 15 is 0 Å². The highest BCUT2D eigenvalue weighted by Gasteiger charge is 2.32. The molecule has 1 heterocycles. The summed E-state index contributed by atoms with van der Waals surface area (Å²) in [5, 5.41) is 11.4. The molecule has 1 saturated heterocycles. The number of sulfone groups is 1. The van der Waals surface area contributed by atoms with Crippen molar-refractivity contribution in [1.82, 2.24) is 10.2 Å². The van der Waals surface area contributed by atoms with Gasteiger partial charge in [-0.2, -0.15) is 0 Å². The Hall–Kier alpha value is -1.31. The molecule has 0 saturated carbocycles. The van der Waals surface area contributed by atoms with Crippen LogP contribution in [0.2, 0.25) is 0 Å². The van der Waals surface area contributed by atoms with Crippen molar-refractivity contribution in [1.29, 1.82) is 0 Å². The molecule has 2 atom stereocenters. The fourth-order valence-electron chi connectivity index (χ4n) is 2.10. The van der Waals surface area contributed by atoms with Crippen LogP contribution in [0.25, 0.3) is 0 Å². The van der Waals surface area contributed by atoms with Gasteiger partial charge in [-0.25, -0.2) is 13.2 Å². The van der Waals surface area contributed by atoms with Gasteiger partial charge < -0.3 is 15.3 Å². The smallest absolute Gasteiger partial charge is 0.317 e. The molecule has 0 aromatic carbocycles. The Balaban J connectivity index is 2.27. The first-order chi connectivity index (χ1) is 9.23. The monoisotopic (exact) mass is 306 g/mol. The molecule has 0 aromatic heterocycles. The number of carboxylic acid groups (broad SMARTS) is 1. The van der Waals surface area contributed by atoms with E-state index in [1.54, 1.807) is 14.0 Å². The molecule has 7 nitrogen and oxygen atoms in total. The fourth-order valence-corrected chi connectivity index (χ4v) is 3.87. The number of carboxylic acids is 1. The Bertz CT molecular complexity index is 462. The number of aliphatic carboxylic acids is 1. The largest absolute Gasteiger partial charge is 0.481 e. The Labute approximate surface area is 119 Å². The van der Waals surface area contributed by atoms with Crippen LogP contribution >= 0.6 is 0 Å². The third-order valence-electron chi connectivity index (χ3n) is 3.59. The van der Waals surface area contributed by atoms with Crippen LogP contribution in [-0.4, -0.2) is 61.6 Å². The minimum atomic E-state index is -3.01. The van der Waals surface area contributed by atoms with E-state index in [0.29, 0.717) is 25.8 Å². The summed E-state index contributed by atoms with van der Waals surface area (Å²) >= 11 is 0. The fraction of sp³-hybridized carbons (Fsp3) is 0.833. The number of rotatable bonds is 6. The number of hydrogen-bond donors (Lipinski definition) is 2. The molecule has 0 bridgehead atoms. The molecule has 0 spiro atoms. The molecule has 20 heavy (non-hydrogen) atoms. The maximum absolute atomic E-state index is 11.8. The zero-order chi connectivity index (χ0) is 15.3. The van der Waals surface area contributed by atoms with Crippen molar-refractivity contribution in [3.63, 3.8) is 0 Å². The van der Waals surface area contributed by atoms with Crippen LogP contribution in [0.1, 0.15) is 26.2 Å². The van der Waals surface area contributed by atoms with E-state index < -0.39 is 21.7 Å². The summed E-state index contributed by atoms with van der Waals surface area (Å²) in [6.45, 7) is 2.01. The van der Waals surface area contributed by atoms with E-state index in [2.05, 4.69) is 5.32 Å². The molecule has 0 radical (unpaired) electrons. The van der Waals surface area contributed by atoms with Gasteiger partial charge in [0, 0.05) is 19.6 Å². The molecule has 1 fully saturated rings. The summed E-state index contributed by atoms with van der Waals surface area (Å²) < 4.78 is 22.7. The third kappa shape index (κ3) is 4.99. The van der Waals surface area contributed by atoms with Gasteiger partial charge in [-0.05, 0) is 19.3 Å². The lowest BCUT2D eigenvalue weighted by molar-refractivity contribution is -0.141. The van der Waals surface area contributed by atoms with Crippen LogP contribution in [0.15, 0.2) is 0 Å². The zero-order valence-corrected chi connectivity index (χ0v) is 12.6. The second kappa shape index (κ2) is 6.92. The average Bonchev–Trinajstić information content (AvgIpc) is 2.73. The first kappa shape index (κ1) is 16.7. The topological polar surface area (TPSA) is 104 Å². The predicted molar refractivity (Wildman–Crippen MR) is 74.3 cm³/mol.